The average Bonchev–Trinajstić information content (AvgIpc) is 2.36. The van der Waals surface area contributed by atoms with Gasteiger partial charge in [0, 0.05) is 6.04 Å². The molecule has 0 spiro atoms. The van der Waals surface area contributed by atoms with Gasteiger partial charge in [0.2, 0.25) is 0 Å². The van der Waals surface area contributed by atoms with E-state index in [0.717, 1.165) is 24.4 Å². The molecule has 1 nitrogen and oxygen atoms in total. The second-order valence-corrected chi connectivity index (χ2v) is 6.23. The van der Waals surface area contributed by atoms with Gasteiger partial charge in [0.1, 0.15) is 0 Å². The van der Waals surface area contributed by atoms with E-state index in [1.165, 1.54) is 56.9 Å². The molecule has 1 rings (SSSR count). The van der Waals surface area contributed by atoms with Gasteiger partial charge < -0.3 is 5.32 Å². The van der Waals surface area contributed by atoms with Gasteiger partial charge in [-0.2, -0.15) is 0 Å². The first kappa shape index (κ1) is 15.8. The van der Waals surface area contributed by atoms with E-state index in [0.29, 0.717) is 0 Å². The van der Waals surface area contributed by atoms with E-state index in [1.54, 1.807) is 0 Å². The fraction of sp³-hybridized carbons (Fsp3) is 0.882. The molecular weight excluding hydrogens is 218 g/mol. The lowest BCUT2D eigenvalue weighted by Crippen LogP contribution is -2.38. The monoisotopic (exact) mass is 251 g/mol. The van der Waals surface area contributed by atoms with E-state index in [-0.39, 0.29) is 0 Å². The maximum absolute atomic E-state index is 4.04. The van der Waals surface area contributed by atoms with Crippen molar-refractivity contribution in [1.29, 1.82) is 0 Å². The third kappa shape index (κ3) is 5.56. The van der Waals surface area contributed by atoms with Crippen molar-refractivity contribution in [1.82, 2.24) is 5.32 Å². The third-order valence-electron chi connectivity index (χ3n) is 4.51. The van der Waals surface area contributed by atoms with Crippen molar-refractivity contribution in [2.75, 3.05) is 6.54 Å². The Morgan fingerprint density at radius 2 is 1.89 bits per heavy atom. The minimum atomic E-state index is 0.731. The van der Waals surface area contributed by atoms with E-state index >= 15 is 0 Å². The molecule has 0 aromatic carbocycles. The average molecular weight is 251 g/mol. The molecule has 1 saturated carbocycles. The third-order valence-corrected chi connectivity index (χ3v) is 4.51. The second kappa shape index (κ2) is 8.74. The van der Waals surface area contributed by atoms with Gasteiger partial charge in [-0.1, -0.05) is 45.1 Å². The van der Waals surface area contributed by atoms with Gasteiger partial charge in [-0.25, -0.2) is 0 Å². The van der Waals surface area contributed by atoms with E-state index in [1.807, 2.05) is 0 Å². The van der Waals surface area contributed by atoms with Crippen LogP contribution in [0.3, 0.4) is 0 Å². The smallest absolute Gasteiger partial charge is 0.00982 e. The first-order valence-corrected chi connectivity index (χ1v) is 8.05. The molecule has 106 valence electrons. The predicted octanol–water partition coefficient (Wildman–Crippen LogP) is 4.93. The van der Waals surface area contributed by atoms with E-state index in [4.69, 9.17) is 0 Å². The molecule has 1 aliphatic rings. The Balaban J connectivity index is 2.37. The Hall–Kier alpha value is -0.300. The first-order chi connectivity index (χ1) is 8.67. The molecule has 18 heavy (non-hydrogen) atoms. The van der Waals surface area contributed by atoms with Gasteiger partial charge >= 0.3 is 0 Å². The fourth-order valence-corrected chi connectivity index (χ4v) is 3.46. The number of hydrogen-bond acceptors (Lipinski definition) is 1. The van der Waals surface area contributed by atoms with Crippen LogP contribution in [0.2, 0.25) is 0 Å². The van der Waals surface area contributed by atoms with Crippen molar-refractivity contribution in [3.05, 3.63) is 12.2 Å². The van der Waals surface area contributed by atoms with Crippen LogP contribution in [0.15, 0.2) is 12.2 Å². The first-order valence-electron chi connectivity index (χ1n) is 8.05. The predicted molar refractivity (Wildman–Crippen MR) is 81.9 cm³/mol. The summed E-state index contributed by atoms with van der Waals surface area (Å²) in [5, 5.41) is 3.71. The maximum Gasteiger partial charge on any atom is 0.00982 e. The highest BCUT2D eigenvalue weighted by Gasteiger charge is 2.26. The van der Waals surface area contributed by atoms with E-state index in [2.05, 4.69) is 32.7 Å². The van der Waals surface area contributed by atoms with E-state index in [9.17, 15) is 0 Å². The summed E-state index contributed by atoms with van der Waals surface area (Å²) >= 11 is 0. The maximum atomic E-state index is 4.04. The molecule has 0 amide bonds. The lowest BCUT2D eigenvalue weighted by Gasteiger charge is -2.34. The lowest BCUT2D eigenvalue weighted by molar-refractivity contribution is 0.208. The molecule has 1 atom stereocenters. The Kier molecular flexibility index (Phi) is 7.65. The molecule has 0 heterocycles. The largest absolute Gasteiger partial charge is 0.314 e. The van der Waals surface area contributed by atoms with Crippen molar-refractivity contribution in [2.24, 2.45) is 11.8 Å². The zero-order chi connectivity index (χ0) is 13.4. The zero-order valence-corrected chi connectivity index (χ0v) is 12.8. The van der Waals surface area contributed by atoms with Crippen molar-refractivity contribution in [3.8, 4) is 0 Å². The SMILES string of the molecule is C=C(C)CCC(NCC)C1CCC(CCC)CC1. The van der Waals surface area contributed by atoms with Gasteiger partial charge in [-0.15, -0.1) is 6.58 Å². The molecular formula is C17H33N. The van der Waals surface area contributed by atoms with Gasteiger partial charge in [0.25, 0.3) is 0 Å². The van der Waals surface area contributed by atoms with Crippen LogP contribution in [0.1, 0.15) is 72.1 Å². The normalized spacial score (nSPS) is 25.9. The number of rotatable bonds is 8. The Morgan fingerprint density at radius 1 is 1.22 bits per heavy atom. The topological polar surface area (TPSA) is 12.0 Å². The molecule has 1 fully saturated rings. The molecule has 1 unspecified atom stereocenters. The summed E-state index contributed by atoms with van der Waals surface area (Å²) in [5.74, 6) is 1.94. The molecule has 0 aliphatic heterocycles. The molecule has 1 heteroatoms. The lowest BCUT2D eigenvalue weighted by atomic mass is 9.76. The Labute approximate surface area is 114 Å². The highest BCUT2D eigenvalue weighted by Crippen LogP contribution is 2.34. The zero-order valence-electron chi connectivity index (χ0n) is 12.8. The highest BCUT2D eigenvalue weighted by molar-refractivity contribution is 4.91. The summed E-state index contributed by atoms with van der Waals surface area (Å²) in [5.41, 5.74) is 1.33. The summed E-state index contributed by atoms with van der Waals surface area (Å²) in [6.07, 6.45) is 11.1. The number of nitrogens with one attached hydrogen (secondary N) is 1. The van der Waals surface area contributed by atoms with Crippen LogP contribution in [0.4, 0.5) is 0 Å². The van der Waals surface area contributed by atoms with Crippen molar-refractivity contribution >= 4 is 0 Å². The molecule has 1 aliphatic carbocycles. The van der Waals surface area contributed by atoms with Gasteiger partial charge in [0.05, 0.1) is 0 Å². The van der Waals surface area contributed by atoms with Crippen LogP contribution in [-0.4, -0.2) is 12.6 Å². The van der Waals surface area contributed by atoms with Crippen LogP contribution in [0.5, 0.6) is 0 Å². The van der Waals surface area contributed by atoms with Crippen LogP contribution in [-0.2, 0) is 0 Å². The van der Waals surface area contributed by atoms with Gasteiger partial charge in [-0.3, -0.25) is 0 Å². The van der Waals surface area contributed by atoms with Crippen molar-refractivity contribution in [3.63, 3.8) is 0 Å². The molecule has 0 radical (unpaired) electrons. The van der Waals surface area contributed by atoms with Crippen molar-refractivity contribution in [2.45, 2.75) is 78.2 Å². The van der Waals surface area contributed by atoms with Crippen LogP contribution in [0, 0.1) is 11.8 Å². The van der Waals surface area contributed by atoms with Crippen LogP contribution in [0.25, 0.3) is 0 Å². The summed E-state index contributed by atoms with van der Waals surface area (Å²) in [7, 11) is 0. The Bertz CT molecular complexity index is 226. The summed E-state index contributed by atoms with van der Waals surface area (Å²) in [4.78, 5) is 0. The standard InChI is InChI=1S/C17H33N/c1-5-7-15-9-11-16(12-10-15)17(18-6-2)13-8-14(3)4/h15-18H,3,5-13H2,1-2,4H3. The second-order valence-electron chi connectivity index (χ2n) is 6.23. The van der Waals surface area contributed by atoms with Crippen LogP contribution < -0.4 is 5.32 Å². The van der Waals surface area contributed by atoms with Crippen molar-refractivity contribution < 1.29 is 0 Å². The van der Waals surface area contributed by atoms with Crippen LogP contribution >= 0.6 is 0 Å². The summed E-state index contributed by atoms with van der Waals surface area (Å²) < 4.78 is 0. The van der Waals surface area contributed by atoms with Gasteiger partial charge in [0.15, 0.2) is 0 Å². The Morgan fingerprint density at radius 3 is 2.39 bits per heavy atom. The minimum absolute atomic E-state index is 0.731. The summed E-state index contributed by atoms with van der Waals surface area (Å²) in [6, 6.07) is 0.731. The summed E-state index contributed by atoms with van der Waals surface area (Å²) in [6.45, 7) is 11.9. The minimum Gasteiger partial charge on any atom is -0.314 e. The van der Waals surface area contributed by atoms with Gasteiger partial charge in [-0.05, 0) is 51.0 Å². The van der Waals surface area contributed by atoms with E-state index < -0.39 is 0 Å². The highest BCUT2D eigenvalue weighted by atomic mass is 14.9. The quantitative estimate of drug-likeness (QED) is 0.603. The molecule has 0 saturated heterocycles. The molecule has 0 bridgehead atoms. The molecule has 1 N–H and O–H groups in total. The number of allylic oxidation sites excluding steroid dienone is 1. The fourth-order valence-electron chi connectivity index (χ4n) is 3.46. The molecule has 0 aromatic heterocycles. The number of hydrogen-bond donors (Lipinski definition) is 1. The molecule has 0 aromatic rings.